The molecule has 0 fully saturated rings. The van der Waals surface area contributed by atoms with Crippen molar-refractivity contribution in [3.63, 3.8) is 0 Å². The Morgan fingerprint density at radius 3 is 2.89 bits per heavy atom. The van der Waals surface area contributed by atoms with Crippen molar-refractivity contribution in [1.29, 1.82) is 0 Å². The number of aldehydes is 1. The quantitative estimate of drug-likeness (QED) is 0.517. The minimum atomic E-state index is -0.423. The molecule has 0 aromatic carbocycles. The molecule has 0 bridgehead atoms. The van der Waals surface area contributed by atoms with Crippen LogP contribution >= 0.6 is 0 Å². The van der Waals surface area contributed by atoms with E-state index in [0.717, 1.165) is 19.1 Å². The zero-order valence-corrected chi connectivity index (χ0v) is 10.3. The molecule has 1 aromatic heterocycles. The predicted octanol–water partition coefficient (Wildman–Crippen LogP) is 0.437. The van der Waals surface area contributed by atoms with Gasteiger partial charge in [0.2, 0.25) is 5.91 Å². The number of nitrogens with zero attached hydrogens (tertiary/aromatic N) is 1. The normalized spacial score (nSPS) is 11.8. The van der Waals surface area contributed by atoms with Crippen LogP contribution in [0.3, 0.4) is 0 Å². The van der Waals surface area contributed by atoms with E-state index in [9.17, 15) is 9.59 Å². The van der Waals surface area contributed by atoms with E-state index < -0.39 is 6.04 Å². The van der Waals surface area contributed by atoms with Gasteiger partial charge in [-0.25, -0.2) is 0 Å². The van der Waals surface area contributed by atoms with Gasteiger partial charge in [0, 0.05) is 11.9 Å². The van der Waals surface area contributed by atoms with Crippen molar-refractivity contribution in [1.82, 2.24) is 10.3 Å². The van der Waals surface area contributed by atoms with Crippen LogP contribution in [0.1, 0.15) is 25.0 Å². The zero-order valence-electron chi connectivity index (χ0n) is 10.3. The third-order valence-corrected chi connectivity index (χ3v) is 2.55. The van der Waals surface area contributed by atoms with Crippen LogP contribution in [0.4, 0.5) is 0 Å². The molecule has 0 saturated heterocycles. The third-order valence-electron chi connectivity index (χ3n) is 2.55. The molecular formula is C13H19N3O2. The first kappa shape index (κ1) is 14.3. The maximum absolute atomic E-state index is 11.7. The average molecular weight is 249 g/mol. The Kier molecular flexibility index (Phi) is 6.64. The molecule has 1 amide bonds. The van der Waals surface area contributed by atoms with Gasteiger partial charge < -0.3 is 15.8 Å². The molecular weight excluding hydrogens is 230 g/mol. The maximum Gasteiger partial charge on any atom is 0.226 e. The van der Waals surface area contributed by atoms with Crippen LogP contribution in [0.25, 0.3) is 0 Å². The number of amides is 1. The summed E-state index contributed by atoms with van der Waals surface area (Å²) < 4.78 is 0. The molecule has 1 heterocycles. The summed E-state index contributed by atoms with van der Waals surface area (Å²) in [4.78, 5) is 26.6. The number of unbranched alkanes of at least 4 members (excludes halogenated alkanes) is 1. The minimum Gasteiger partial charge on any atom is -0.346 e. The molecule has 5 heteroatoms. The Labute approximate surface area is 107 Å². The predicted molar refractivity (Wildman–Crippen MR) is 68.8 cm³/mol. The van der Waals surface area contributed by atoms with E-state index in [-0.39, 0.29) is 12.3 Å². The summed E-state index contributed by atoms with van der Waals surface area (Å²) in [6, 6.07) is 4.98. The molecule has 5 nitrogen and oxygen atoms in total. The summed E-state index contributed by atoms with van der Waals surface area (Å²) in [5.74, 6) is -0.182. The summed E-state index contributed by atoms with van der Waals surface area (Å²) in [6.07, 6.45) is 4.94. The molecule has 0 saturated carbocycles. The number of hydrogen-bond donors (Lipinski definition) is 2. The lowest BCUT2D eigenvalue weighted by atomic mass is 10.1. The number of pyridine rings is 1. The Hall–Kier alpha value is -1.75. The van der Waals surface area contributed by atoms with Gasteiger partial charge in [0.25, 0.3) is 0 Å². The highest BCUT2D eigenvalue weighted by Gasteiger charge is 2.11. The first-order valence-corrected chi connectivity index (χ1v) is 6.11. The first-order valence-electron chi connectivity index (χ1n) is 6.11. The second-order valence-electron chi connectivity index (χ2n) is 4.09. The number of nitrogens with two attached hydrogens (primary N) is 1. The van der Waals surface area contributed by atoms with Crippen LogP contribution in [0, 0.1) is 0 Å². The molecule has 0 aliphatic carbocycles. The smallest absolute Gasteiger partial charge is 0.226 e. The van der Waals surface area contributed by atoms with Crippen LogP contribution in [-0.2, 0) is 16.0 Å². The van der Waals surface area contributed by atoms with E-state index in [1.807, 2.05) is 6.07 Å². The number of rotatable bonds is 8. The van der Waals surface area contributed by atoms with E-state index in [2.05, 4.69) is 10.3 Å². The van der Waals surface area contributed by atoms with E-state index in [4.69, 9.17) is 5.73 Å². The largest absolute Gasteiger partial charge is 0.346 e. The van der Waals surface area contributed by atoms with Crippen molar-refractivity contribution in [3.8, 4) is 0 Å². The van der Waals surface area contributed by atoms with Crippen molar-refractivity contribution in [2.45, 2.75) is 31.7 Å². The van der Waals surface area contributed by atoms with Gasteiger partial charge in [-0.3, -0.25) is 9.78 Å². The highest BCUT2D eigenvalue weighted by Crippen LogP contribution is 2.00. The maximum atomic E-state index is 11.7. The fourth-order valence-electron chi connectivity index (χ4n) is 1.61. The van der Waals surface area contributed by atoms with Gasteiger partial charge in [-0.15, -0.1) is 0 Å². The Morgan fingerprint density at radius 2 is 2.28 bits per heavy atom. The topological polar surface area (TPSA) is 85.1 Å². The van der Waals surface area contributed by atoms with E-state index in [1.54, 1.807) is 18.3 Å². The van der Waals surface area contributed by atoms with Crippen LogP contribution in [0.5, 0.6) is 0 Å². The van der Waals surface area contributed by atoms with Gasteiger partial charge in [0.1, 0.15) is 6.29 Å². The van der Waals surface area contributed by atoms with Crippen molar-refractivity contribution in [2.75, 3.05) is 6.54 Å². The fraction of sp³-hybridized carbons (Fsp3) is 0.462. The van der Waals surface area contributed by atoms with Crippen molar-refractivity contribution >= 4 is 12.2 Å². The molecule has 1 atom stereocenters. The highest BCUT2D eigenvalue weighted by molar-refractivity contribution is 5.81. The first-order chi connectivity index (χ1) is 8.76. The number of aromatic nitrogens is 1. The SMILES string of the molecule is NCCCCC(C=O)NC(=O)Cc1ccccn1. The van der Waals surface area contributed by atoms with E-state index in [0.29, 0.717) is 18.7 Å². The summed E-state index contributed by atoms with van der Waals surface area (Å²) in [5, 5.41) is 2.69. The molecule has 1 unspecified atom stereocenters. The molecule has 0 aliphatic rings. The van der Waals surface area contributed by atoms with Gasteiger partial charge in [-0.2, -0.15) is 0 Å². The molecule has 0 radical (unpaired) electrons. The molecule has 98 valence electrons. The second kappa shape index (κ2) is 8.36. The molecule has 0 spiro atoms. The van der Waals surface area contributed by atoms with Gasteiger partial charge in [0.15, 0.2) is 0 Å². The van der Waals surface area contributed by atoms with Crippen LogP contribution in [0.15, 0.2) is 24.4 Å². The zero-order chi connectivity index (χ0) is 13.2. The molecule has 18 heavy (non-hydrogen) atoms. The second-order valence-corrected chi connectivity index (χ2v) is 4.09. The Morgan fingerprint density at radius 1 is 1.44 bits per heavy atom. The van der Waals surface area contributed by atoms with Gasteiger partial charge in [-0.05, 0) is 37.9 Å². The number of carbonyl (C=O) groups is 2. The number of nitrogens with one attached hydrogen (secondary N) is 1. The van der Waals surface area contributed by atoms with Gasteiger partial charge in [0.05, 0.1) is 12.5 Å². The fourth-order valence-corrected chi connectivity index (χ4v) is 1.61. The summed E-state index contributed by atoms with van der Waals surface area (Å²) in [7, 11) is 0. The lowest BCUT2D eigenvalue weighted by molar-refractivity contribution is -0.123. The number of carbonyl (C=O) groups excluding carboxylic acids is 2. The summed E-state index contributed by atoms with van der Waals surface area (Å²) >= 11 is 0. The minimum absolute atomic E-state index is 0.182. The average Bonchev–Trinajstić information content (AvgIpc) is 2.39. The van der Waals surface area contributed by atoms with Crippen LogP contribution < -0.4 is 11.1 Å². The van der Waals surface area contributed by atoms with Crippen LogP contribution in [0.2, 0.25) is 0 Å². The highest BCUT2D eigenvalue weighted by atomic mass is 16.2. The van der Waals surface area contributed by atoms with Crippen molar-refractivity contribution in [2.24, 2.45) is 5.73 Å². The Balaban J connectivity index is 2.35. The summed E-state index contributed by atoms with van der Waals surface area (Å²) in [5.41, 5.74) is 6.07. The molecule has 0 aliphatic heterocycles. The van der Waals surface area contributed by atoms with Gasteiger partial charge >= 0.3 is 0 Å². The number of hydrogen-bond acceptors (Lipinski definition) is 4. The van der Waals surface area contributed by atoms with E-state index >= 15 is 0 Å². The monoisotopic (exact) mass is 249 g/mol. The molecule has 3 N–H and O–H groups in total. The van der Waals surface area contributed by atoms with Crippen LogP contribution in [-0.4, -0.2) is 29.8 Å². The molecule has 1 aromatic rings. The third kappa shape index (κ3) is 5.54. The Bertz CT molecular complexity index is 368. The standard InChI is InChI=1S/C13H19N3O2/c14-7-3-1-6-12(10-17)16-13(18)9-11-5-2-4-8-15-11/h2,4-5,8,10,12H,1,3,6-7,9,14H2,(H,16,18). The van der Waals surface area contributed by atoms with Crippen molar-refractivity contribution in [3.05, 3.63) is 30.1 Å². The van der Waals surface area contributed by atoms with Crippen molar-refractivity contribution < 1.29 is 9.59 Å². The molecule has 1 rings (SSSR count). The lowest BCUT2D eigenvalue weighted by Crippen LogP contribution is -2.37. The van der Waals surface area contributed by atoms with Gasteiger partial charge in [-0.1, -0.05) is 6.07 Å². The lowest BCUT2D eigenvalue weighted by Gasteiger charge is -2.12. The van der Waals surface area contributed by atoms with E-state index in [1.165, 1.54) is 0 Å². The summed E-state index contributed by atoms with van der Waals surface area (Å²) in [6.45, 7) is 0.605.